The van der Waals surface area contributed by atoms with E-state index in [0.717, 1.165) is 7.58 Å². The van der Waals surface area contributed by atoms with Crippen LogP contribution in [0.1, 0.15) is 5.56 Å². The molecule has 0 amide bonds. The minimum absolute atomic E-state index is 0.242. The van der Waals surface area contributed by atoms with Crippen molar-refractivity contribution in [2.24, 2.45) is 0 Å². The number of fused-ring (bicyclic) bond motifs is 1. The van der Waals surface area contributed by atoms with Gasteiger partial charge in [-0.3, -0.25) is 0 Å². The Kier molecular flexibility index (Phi) is 2.53. The van der Waals surface area contributed by atoms with Gasteiger partial charge in [-0.15, -0.1) is 11.3 Å². The van der Waals surface area contributed by atoms with Gasteiger partial charge in [0.15, 0.2) is 0 Å². The monoisotopic (exact) mass is 308 g/mol. The molecule has 0 fully saturated rings. The van der Waals surface area contributed by atoms with Gasteiger partial charge in [-0.25, -0.2) is 4.39 Å². The van der Waals surface area contributed by atoms with Crippen molar-refractivity contribution in [1.29, 1.82) is 0 Å². The van der Waals surface area contributed by atoms with Crippen LogP contribution in [-0.2, 0) is 6.61 Å². The number of halogens is 2. The molecule has 1 aromatic carbocycles. The highest BCUT2D eigenvalue weighted by Gasteiger charge is 2.08. The molecule has 0 spiro atoms. The van der Waals surface area contributed by atoms with Gasteiger partial charge in [0.2, 0.25) is 0 Å². The molecule has 1 N–H and O–H groups in total. The van der Waals surface area contributed by atoms with Gasteiger partial charge in [-0.1, -0.05) is 6.07 Å². The molecule has 1 heterocycles. The largest absolute Gasteiger partial charge is 0.392 e. The lowest BCUT2D eigenvalue weighted by Crippen LogP contribution is -1.88. The Morgan fingerprint density at radius 1 is 1.46 bits per heavy atom. The van der Waals surface area contributed by atoms with Gasteiger partial charge in [0.1, 0.15) is 5.82 Å². The molecule has 0 bridgehead atoms. The number of benzene rings is 1. The molecule has 68 valence electrons. The molecule has 0 unspecified atom stereocenters. The highest BCUT2D eigenvalue weighted by atomic mass is 127. The van der Waals surface area contributed by atoms with E-state index in [1.54, 1.807) is 23.5 Å². The maximum Gasteiger partial charge on any atom is 0.137 e. The van der Waals surface area contributed by atoms with Crippen molar-refractivity contribution in [3.05, 3.63) is 32.5 Å². The summed E-state index contributed by atoms with van der Waals surface area (Å²) >= 11 is 3.71. The van der Waals surface area contributed by atoms with E-state index in [4.69, 9.17) is 5.11 Å². The van der Waals surface area contributed by atoms with Crippen molar-refractivity contribution in [1.82, 2.24) is 0 Å². The molecule has 4 heteroatoms. The fourth-order valence-electron chi connectivity index (χ4n) is 1.21. The molecular weight excluding hydrogens is 302 g/mol. The van der Waals surface area contributed by atoms with Crippen molar-refractivity contribution in [2.45, 2.75) is 6.61 Å². The van der Waals surface area contributed by atoms with Gasteiger partial charge >= 0.3 is 0 Å². The van der Waals surface area contributed by atoms with Crippen LogP contribution < -0.4 is 0 Å². The normalized spacial score (nSPS) is 11.0. The van der Waals surface area contributed by atoms with E-state index < -0.39 is 0 Å². The Hall–Kier alpha value is -0.200. The number of rotatable bonds is 1. The summed E-state index contributed by atoms with van der Waals surface area (Å²) in [5.41, 5.74) is 0.363. The summed E-state index contributed by atoms with van der Waals surface area (Å²) in [4.78, 5) is 0. The lowest BCUT2D eigenvalue weighted by molar-refractivity contribution is 0.276. The van der Waals surface area contributed by atoms with Crippen LogP contribution in [0.25, 0.3) is 10.1 Å². The topological polar surface area (TPSA) is 20.2 Å². The molecule has 2 rings (SSSR count). The second kappa shape index (κ2) is 3.51. The van der Waals surface area contributed by atoms with Crippen molar-refractivity contribution in [3.63, 3.8) is 0 Å². The van der Waals surface area contributed by atoms with Gasteiger partial charge in [0, 0.05) is 15.6 Å². The smallest absolute Gasteiger partial charge is 0.137 e. The van der Waals surface area contributed by atoms with Crippen LogP contribution in [0, 0.1) is 8.70 Å². The second-order valence-corrected chi connectivity index (χ2v) is 5.64. The third kappa shape index (κ3) is 1.58. The fourth-order valence-corrected chi connectivity index (χ4v) is 3.02. The quantitative estimate of drug-likeness (QED) is 0.803. The second-order valence-electron chi connectivity index (χ2n) is 2.66. The van der Waals surface area contributed by atoms with Gasteiger partial charge < -0.3 is 5.11 Å². The molecule has 0 aliphatic carbocycles. The van der Waals surface area contributed by atoms with Gasteiger partial charge in [0.25, 0.3) is 0 Å². The number of thiophene rings is 1. The van der Waals surface area contributed by atoms with Crippen molar-refractivity contribution >= 4 is 44.0 Å². The van der Waals surface area contributed by atoms with Crippen LogP contribution in [0.15, 0.2) is 18.2 Å². The summed E-state index contributed by atoms with van der Waals surface area (Å²) < 4.78 is 15.5. The summed E-state index contributed by atoms with van der Waals surface area (Å²) in [6.07, 6.45) is 0. The molecule has 0 radical (unpaired) electrons. The maximum absolute atomic E-state index is 13.5. The van der Waals surface area contributed by atoms with E-state index in [0.29, 0.717) is 10.9 Å². The molecule has 0 atom stereocenters. The molecule has 0 saturated heterocycles. The standard InChI is InChI=1S/C9H6FIOS/c10-9-5(4-12)1-2-7-6(9)3-8(11)13-7/h1-3,12H,4H2. The van der Waals surface area contributed by atoms with Crippen LogP contribution in [-0.4, -0.2) is 5.11 Å². The van der Waals surface area contributed by atoms with E-state index in [1.807, 2.05) is 6.07 Å². The highest BCUT2D eigenvalue weighted by molar-refractivity contribution is 14.1. The molecular formula is C9H6FIOS. The fraction of sp³-hybridized carbons (Fsp3) is 0.111. The van der Waals surface area contributed by atoms with Crippen molar-refractivity contribution in [3.8, 4) is 0 Å². The Morgan fingerprint density at radius 3 is 2.92 bits per heavy atom. The molecule has 2 aromatic rings. The first-order valence-electron chi connectivity index (χ1n) is 3.69. The molecule has 13 heavy (non-hydrogen) atoms. The molecule has 0 aliphatic rings. The molecule has 0 aliphatic heterocycles. The van der Waals surface area contributed by atoms with Crippen molar-refractivity contribution < 1.29 is 9.50 Å². The van der Waals surface area contributed by atoms with E-state index in [2.05, 4.69) is 22.6 Å². The summed E-state index contributed by atoms with van der Waals surface area (Å²) in [5.74, 6) is -0.292. The van der Waals surface area contributed by atoms with Crippen LogP contribution >= 0.6 is 33.9 Å². The summed E-state index contributed by atoms with van der Waals surface area (Å²) in [7, 11) is 0. The third-order valence-corrected chi connectivity index (χ3v) is 3.72. The van der Waals surface area contributed by atoms with Crippen molar-refractivity contribution in [2.75, 3.05) is 0 Å². The zero-order valence-electron chi connectivity index (χ0n) is 6.55. The van der Waals surface area contributed by atoms with Crippen LogP contribution in [0.2, 0.25) is 0 Å². The van der Waals surface area contributed by atoms with E-state index in [-0.39, 0.29) is 12.4 Å². The lowest BCUT2D eigenvalue weighted by atomic mass is 10.1. The maximum atomic E-state index is 13.5. The minimum Gasteiger partial charge on any atom is -0.392 e. The lowest BCUT2D eigenvalue weighted by Gasteiger charge is -1.98. The molecule has 1 aromatic heterocycles. The number of hydrogen-bond acceptors (Lipinski definition) is 2. The molecule has 1 nitrogen and oxygen atoms in total. The van der Waals surface area contributed by atoms with Crippen LogP contribution in [0.3, 0.4) is 0 Å². The number of hydrogen-bond donors (Lipinski definition) is 1. The number of aliphatic hydroxyl groups is 1. The highest BCUT2D eigenvalue weighted by Crippen LogP contribution is 2.30. The first-order valence-corrected chi connectivity index (χ1v) is 5.59. The Labute approximate surface area is 92.3 Å². The predicted octanol–water partition coefficient (Wildman–Crippen LogP) is 3.14. The number of aliphatic hydroxyl groups excluding tert-OH is 1. The van der Waals surface area contributed by atoms with Crippen LogP contribution in [0.5, 0.6) is 0 Å². The summed E-state index contributed by atoms with van der Waals surface area (Å²) in [5, 5.41) is 9.46. The van der Waals surface area contributed by atoms with E-state index >= 15 is 0 Å². The summed E-state index contributed by atoms with van der Waals surface area (Å²) in [6, 6.07) is 5.27. The van der Waals surface area contributed by atoms with Gasteiger partial charge in [0.05, 0.1) is 9.49 Å². The van der Waals surface area contributed by atoms with Gasteiger partial charge in [-0.05, 0) is 34.7 Å². The van der Waals surface area contributed by atoms with Gasteiger partial charge in [-0.2, -0.15) is 0 Å². The van der Waals surface area contributed by atoms with E-state index in [1.165, 1.54) is 0 Å². The van der Waals surface area contributed by atoms with E-state index in [9.17, 15) is 4.39 Å². The molecule has 0 saturated carbocycles. The summed E-state index contributed by atoms with van der Waals surface area (Å²) in [6.45, 7) is -0.242. The first kappa shape index (κ1) is 9.36. The SMILES string of the molecule is OCc1ccc2sc(I)cc2c1F. The zero-order valence-corrected chi connectivity index (χ0v) is 9.52. The average molecular weight is 308 g/mol. The third-order valence-electron chi connectivity index (χ3n) is 1.86. The average Bonchev–Trinajstić information content (AvgIpc) is 2.47. The Balaban J connectivity index is 2.78. The zero-order chi connectivity index (χ0) is 9.42. The Morgan fingerprint density at radius 2 is 2.23 bits per heavy atom. The minimum atomic E-state index is -0.292. The van der Waals surface area contributed by atoms with Crippen LogP contribution in [0.4, 0.5) is 4.39 Å². The Bertz CT molecular complexity index is 452. The predicted molar refractivity (Wildman–Crippen MR) is 60.4 cm³/mol. The first-order chi connectivity index (χ1) is 6.22.